The second-order valence-corrected chi connectivity index (χ2v) is 6.71. The number of aryl methyl sites for hydroxylation is 1. The van der Waals surface area contributed by atoms with Crippen LogP contribution in [-0.2, 0) is 17.8 Å². The summed E-state index contributed by atoms with van der Waals surface area (Å²) in [6.07, 6.45) is 3.46. The predicted molar refractivity (Wildman–Crippen MR) is 91.5 cm³/mol. The largest absolute Gasteiger partial charge is 0.335 e. The number of hydrogen-bond acceptors (Lipinski definition) is 5. The van der Waals surface area contributed by atoms with Gasteiger partial charge in [0.25, 0.3) is 0 Å². The number of nitrogens with zero attached hydrogens (tertiary/aromatic N) is 4. The summed E-state index contributed by atoms with van der Waals surface area (Å²) >= 11 is 0. The zero-order valence-electron chi connectivity index (χ0n) is 13.1. The van der Waals surface area contributed by atoms with E-state index >= 15 is 0 Å². The second kappa shape index (κ2) is 6.10. The van der Waals surface area contributed by atoms with Gasteiger partial charge in [0, 0.05) is 24.2 Å². The molecule has 2 N–H and O–H groups in total. The van der Waals surface area contributed by atoms with Crippen molar-refractivity contribution in [3.8, 4) is 0 Å². The molecular formula is C16H13FN6OS. The fourth-order valence-electron chi connectivity index (χ4n) is 2.41. The van der Waals surface area contributed by atoms with Gasteiger partial charge in [0.1, 0.15) is 33.9 Å². The molecule has 4 aromatic rings. The SMILES string of the molecule is Cn1ccc2c(Nc3ccn[nH]3)nc([S@](=O)c3ccc(F)cc3)nc21. The van der Waals surface area contributed by atoms with Gasteiger partial charge in [-0.05, 0) is 30.3 Å². The molecule has 1 aromatic carbocycles. The molecule has 0 aliphatic carbocycles. The van der Waals surface area contributed by atoms with Crippen LogP contribution < -0.4 is 5.32 Å². The van der Waals surface area contributed by atoms with Gasteiger partial charge < -0.3 is 9.88 Å². The molecule has 7 nitrogen and oxygen atoms in total. The third-order valence-corrected chi connectivity index (χ3v) is 4.87. The van der Waals surface area contributed by atoms with Crippen LogP contribution in [-0.4, -0.2) is 28.9 Å². The Balaban J connectivity index is 1.82. The summed E-state index contributed by atoms with van der Waals surface area (Å²) in [5.74, 6) is 0.781. The van der Waals surface area contributed by atoms with Gasteiger partial charge in [-0.1, -0.05) is 0 Å². The summed E-state index contributed by atoms with van der Waals surface area (Å²) in [7, 11) is 0.217. The second-order valence-electron chi connectivity index (χ2n) is 5.34. The van der Waals surface area contributed by atoms with Crippen LogP contribution in [0, 0.1) is 5.82 Å². The zero-order valence-corrected chi connectivity index (χ0v) is 13.9. The number of aromatic amines is 1. The van der Waals surface area contributed by atoms with Crippen molar-refractivity contribution < 1.29 is 8.60 Å². The van der Waals surface area contributed by atoms with Gasteiger partial charge in [-0.2, -0.15) is 5.10 Å². The summed E-state index contributed by atoms with van der Waals surface area (Å²) in [6, 6.07) is 9.08. The van der Waals surface area contributed by atoms with E-state index in [0.29, 0.717) is 22.2 Å². The van der Waals surface area contributed by atoms with E-state index in [9.17, 15) is 8.60 Å². The molecule has 9 heteroatoms. The first kappa shape index (κ1) is 15.5. The van der Waals surface area contributed by atoms with Crippen LogP contribution in [0.3, 0.4) is 0 Å². The van der Waals surface area contributed by atoms with Crippen LogP contribution in [0.4, 0.5) is 16.0 Å². The highest BCUT2D eigenvalue weighted by molar-refractivity contribution is 7.85. The van der Waals surface area contributed by atoms with E-state index in [1.165, 1.54) is 24.3 Å². The van der Waals surface area contributed by atoms with Crippen LogP contribution in [0.2, 0.25) is 0 Å². The van der Waals surface area contributed by atoms with Gasteiger partial charge in [-0.3, -0.25) is 5.10 Å². The van der Waals surface area contributed by atoms with Crippen molar-refractivity contribution in [2.45, 2.75) is 10.1 Å². The van der Waals surface area contributed by atoms with Crippen LogP contribution in [0.25, 0.3) is 11.0 Å². The molecule has 25 heavy (non-hydrogen) atoms. The molecule has 3 heterocycles. The lowest BCUT2D eigenvalue weighted by molar-refractivity contribution is 0.626. The number of fused-ring (bicyclic) bond motifs is 1. The maximum Gasteiger partial charge on any atom is 0.227 e. The van der Waals surface area contributed by atoms with E-state index in [4.69, 9.17) is 0 Å². The Morgan fingerprint density at radius 1 is 1.16 bits per heavy atom. The van der Waals surface area contributed by atoms with Gasteiger partial charge in [0.2, 0.25) is 5.16 Å². The molecule has 126 valence electrons. The topological polar surface area (TPSA) is 88.5 Å². The minimum atomic E-state index is -1.63. The molecule has 3 aromatic heterocycles. The number of halogens is 1. The summed E-state index contributed by atoms with van der Waals surface area (Å²) < 4.78 is 27.7. The van der Waals surface area contributed by atoms with Gasteiger partial charge >= 0.3 is 0 Å². The van der Waals surface area contributed by atoms with Crippen LogP contribution in [0.15, 0.2) is 58.8 Å². The third kappa shape index (κ3) is 2.89. The summed E-state index contributed by atoms with van der Waals surface area (Å²) in [5.41, 5.74) is 0.641. The highest BCUT2D eigenvalue weighted by atomic mass is 32.2. The Morgan fingerprint density at radius 3 is 2.68 bits per heavy atom. The quantitative estimate of drug-likeness (QED) is 0.549. The van der Waals surface area contributed by atoms with Gasteiger partial charge in [-0.15, -0.1) is 0 Å². The number of H-pyrrole nitrogens is 1. The summed E-state index contributed by atoms with van der Waals surface area (Å²) in [4.78, 5) is 9.26. The summed E-state index contributed by atoms with van der Waals surface area (Å²) in [5, 5.41) is 10.7. The molecule has 0 radical (unpaired) electrons. The molecule has 0 saturated carbocycles. The Labute approximate surface area is 144 Å². The smallest absolute Gasteiger partial charge is 0.227 e. The Hall–Kier alpha value is -3.07. The number of anilines is 2. The first-order valence-electron chi connectivity index (χ1n) is 7.38. The first-order chi connectivity index (χ1) is 12.1. The van der Waals surface area contributed by atoms with E-state index in [1.54, 1.807) is 12.3 Å². The van der Waals surface area contributed by atoms with E-state index in [-0.39, 0.29) is 11.0 Å². The van der Waals surface area contributed by atoms with E-state index in [0.717, 1.165) is 5.39 Å². The lowest BCUT2D eigenvalue weighted by Gasteiger charge is -2.08. The predicted octanol–water partition coefficient (Wildman–Crippen LogP) is 2.74. The number of rotatable bonds is 4. The van der Waals surface area contributed by atoms with E-state index in [2.05, 4.69) is 25.5 Å². The number of hydrogen-bond donors (Lipinski definition) is 2. The first-order valence-corrected chi connectivity index (χ1v) is 8.53. The van der Waals surface area contributed by atoms with E-state index < -0.39 is 10.8 Å². The van der Waals surface area contributed by atoms with Crippen molar-refractivity contribution in [1.82, 2.24) is 24.7 Å². The van der Waals surface area contributed by atoms with Crippen LogP contribution in [0.5, 0.6) is 0 Å². The maximum absolute atomic E-state index is 13.1. The lowest BCUT2D eigenvalue weighted by Crippen LogP contribution is -2.05. The number of benzene rings is 1. The van der Waals surface area contributed by atoms with Crippen molar-refractivity contribution in [3.05, 3.63) is 54.6 Å². The molecule has 0 fully saturated rings. The maximum atomic E-state index is 13.1. The molecular weight excluding hydrogens is 343 g/mol. The molecule has 0 spiro atoms. The highest BCUT2D eigenvalue weighted by Gasteiger charge is 2.17. The van der Waals surface area contributed by atoms with Crippen LogP contribution >= 0.6 is 0 Å². The van der Waals surface area contributed by atoms with Crippen molar-refractivity contribution in [2.24, 2.45) is 7.05 Å². The normalized spacial score (nSPS) is 12.4. The average Bonchev–Trinajstić information content (AvgIpc) is 3.25. The molecule has 0 saturated heterocycles. The molecule has 0 aliphatic rings. The molecule has 0 aliphatic heterocycles. The minimum absolute atomic E-state index is 0.142. The van der Waals surface area contributed by atoms with Gasteiger partial charge in [0.05, 0.1) is 11.6 Å². The Bertz CT molecular complexity index is 1060. The van der Waals surface area contributed by atoms with E-state index in [1.807, 2.05) is 23.9 Å². The lowest BCUT2D eigenvalue weighted by atomic mass is 10.3. The Kier molecular flexibility index (Phi) is 3.77. The zero-order chi connectivity index (χ0) is 17.4. The van der Waals surface area contributed by atoms with Gasteiger partial charge in [0.15, 0.2) is 0 Å². The average molecular weight is 356 g/mol. The van der Waals surface area contributed by atoms with Crippen molar-refractivity contribution in [3.63, 3.8) is 0 Å². The monoisotopic (exact) mass is 356 g/mol. The molecule has 0 amide bonds. The Morgan fingerprint density at radius 2 is 1.96 bits per heavy atom. The molecule has 1 atom stereocenters. The standard InChI is InChI=1S/C16H13FN6OS/c1-23-9-7-12-14(19-13-6-8-18-22-13)20-16(21-15(12)23)25(24)11-4-2-10(17)3-5-11/h2-9H,1H3,(H2,18,19,20,21,22)/t25-/m1/s1. The molecule has 4 rings (SSSR count). The van der Waals surface area contributed by atoms with Gasteiger partial charge in [-0.25, -0.2) is 18.6 Å². The van der Waals surface area contributed by atoms with Crippen molar-refractivity contribution >= 4 is 33.5 Å². The fourth-order valence-corrected chi connectivity index (χ4v) is 3.35. The minimum Gasteiger partial charge on any atom is -0.335 e. The van der Waals surface area contributed by atoms with Crippen molar-refractivity contribution in [2.75, 3.05) is 5.32 Å². The number of aromatic nitrogens is 5. The molecule has 0 unspecified atom stereocenters. The highest BCUT2D eigenvalue weighted by Crippen LogP contribution is 2.26. The van der Waals surface area contributed by atoms with Crippen LogP contribution in [0.1, 0.15) is 0 Å². The fraction of sp³-hybridized carbons (Fsp3) is 0.0625. The summed E-state index contributed by atoms with van der Waals surface area (Å²) in [6.45, 7) is 0. The third-order valence-electron chi connectivity index (χ3n) is 3.65. The number of nitrogens with one attached hydrogen (secondary N) is 2. The van der Waals surface area contributed by atoms with Crippen molar-refractivity contribution in [1.29, 1.82) is 0 Å². The molecule has 0 bridgehead atoms.